The van der Waals surface area contributed by atoms with Gasteiger partial charge in [0.15, 0.2) is 5.82 Å². The number of thiophene rings is 1. The van der Waals surface area contributed by atoms with E-state index >= 15 is 0 Å². The largest absolute Gasteiger partial charge is 0.387 e. The number of hydrogen-bond donors (Lipinski definition) is 2. The molecule has 1 aliphatic carbocycles. The van der Waals surface area contributed by atoms with Crippen LogP contribution in [0.4, 0.5) is 4.79 Å². The molecule has 0 radical (unpaired) electrons. The lowest BCUT2D eigenvalue weighted by atomic mass is 9.94. The van der Waals surface area contributed by atoms with Crippen molar-refractivity contribution < 1.29 is 14.4 Å². The molecule has 7 nitrogen and oxygen atoms in total. The third-order valence-corrected chi connectivity index (χ3v) is 5.21. The number of aliphatic hydroxyl groups excluding tert-OH is 1. The third kappa shape index (κ3) is 5.02. The fraction of sp³-hybridized carbons (Fsp3) is 0.588. The summed E-state index contributed by atoms with van der Waals surface area (Å²) in [6.45, 7) is 0.822. The molecule has 0 atom stereocenters. The van der Waals surface area contributed by atoms with Crippen LogP contribution in [0, 0.1) is 0 Å². The molecule has 3 rings (SSSR count). The maximum Gasteiger partial charge on any atom is 0.317 e. The maximum absolute atomic E-state index is 12.7. The van der Waals surface area contributed by atoms with E-state index in [9.17, 15) is 4.79 Å². The summed E-state index contributed by atoms with van der Waals surface area (Å²) >= 11 is 1.65. The van der Waals surface area contributed by atoms with Crippen molar-refractivity contribution in [3.63, 3.8) is 0 Å². The predicted molar refractivity (Wildman–Crippen MR) is 94.1 cm³/mol. The molecule has 0 saturated heterocycles. The van der Waals surface area contributed by atoms with Gasteiger partial charge in [-0.3, -0.25) is 0 Å². The van der Waals surface area contributed by atoms with Gasteiger partial charge in [-0.1, -0.05) is 24.4 Å². The van der Waals surface area contributed by atoms with Gasteiger partial charge in [0.2, 0.25) is 0 Å². The minimum atomic E-state index is -0.268. The average molecular weight is 364 g/mol. The highest BCUT2D eigenvalue weighted by atomic mass is 32.1. The van der Waals surface area contributed by atoms with Crippen molar-refractivity contribution in [1.29, 1.82) is 0 Å². The summed E-state index contributed by atoms with van der Waals surface area (Å²) in [6, 6.07) is 2.34. The zero-order valence-electron chi connectivity index (χ0n) is 14.2. The molecule has 1 saturated carbocycles. The summed E-state index contributed by atoms with van der Waals surface area (Å²) in [6.07, 6.45) is 6.25. The number of amides is 2. The van der Waals surface area contributed by atoms with Crippen LogP contribution >= 0.6 is 11.3 Å². The van der Waals surface area contributed by atoms with Crippen LogP contribution in [0.25, 0.3) is 0 Å². The predicted octanol–water partition coefficient (Wildman–Crippen LogP) is 2.71. The quantitative estimate of drug-likeness (QED) is 0.788. The summed E-state index contributed by atoms with van der Waals surface area (Å²) in [7, 11) is 0. The van der Waals surface area contributed by atoms with Crippen LogP contribution < -0.4 is 5.32 Å². The van der Waals surface area contributed by atoms with E-state index in [2.05, 4.69) is 26.9 Å². The highest BCUT2D eigenvalue weighted by molar-refractivity contribution is 7.07. The summed E-state index contributed by atoms with van der Waals surface area (Å²) in [4.78, 5) is 18.7. The number of nitrogens with one attached hydrogen (secondary N) is 1. The van der Waals surface area contributed by atoms with Gasteiger partial charge >= 0.3 is 6.03 Å². The number of nitrogens with zero attached hydrogens (tertiary/aromatic N) is 3. The average Bonchev–Trinajstić information content (AvgIpc) is 3.32. The van der Waals surface area contributed by atoms with Crippen molar-refractivity contribution in [1.82, 2.24) is 20.4 Å². The van der Waals surface area contributed by atoms with Crippen LogP contribution in [0.1, 0.15) is 49.4 Å². The molecule has 0 spiro atoms. The van der Waals surface area contributed by atoms with E-state index in [0.29, 0.717) is 31.4 Å². The smallest absolute Gasteiger partial charge is 0.317 e. The van der Waals surface area contributed by atoms with Crippen LogP contribution in [0.15, 0.2) is 21.3 Å². The molecule has 25 heavy (non-hydrogen) atoms. The number of aromatic nitrogens is 2. The molecule has 2 heterocycles. The first-order valence-electron chi connectivity index (χ1n) is 8.74. The van der Waals surface area contributed by atoms with Gasteiger partial charge < -0.3 is 19.8 Å². The SMILES string of the molecule is O=C(NCCc1noc(CO)n1)N(Cc1ccsc1)C1CCCCC1. The van der Waals surface area contributed by atoms with E-state index in [1.165, 1.54) is 24.8 Å². The number of rotatable bonds is 7. The zero-order chi connectivity index (χ0) is 17.5. The monoisotopic (exact) mass is 364 g/mol. The second-order valence-corrected chi connectivity index (χ2v) is 7.08. The van der Waals surface area contributed by atoms with Crippen molar-refractivity contribution in [2.24, 2.45) is 0 Å². The number of urea groups is 1. The molecule has 0 unspecified atom stereocenters. The fourth-order valence-corrected chi connectivity index (χ4v) is 3.84. The molecule has 2 aromatic rings. The van der Waals surface area contributed by atoms with Crippen LogP contribution in [0.5, 0.6) is 0 Å². The first-order chi connectivity index (χ1) is 12.3. The van der Waals surface area contributed by atoms with Crippen molar-refractivity contribution in [3.05, 3.63) is 34.1 Å². The highest BCUT2D eigenvalue weighted by Crippen LogP contribution is 2.24. The highest BCUT2D eigenvalue weighted by Gasteiger charge is 2.25. The summed E-state index contributed by atoms with van der Waals surface area (Å²) in [5.41, 5.74) is 1.18. The van der Waals surface area contributed by atoms with Gasteiger partial charge in [-0.05, 0) is 35.2 Å². The minimum absolute atomic E-state index is 0.0380. The van der Waals surface area contributed by atoms with Gasteiger partial charge in [0.1, 0.15) is 6.61 Å². The Morgan fingerprint density at radius 1 is 1.40 bits per heavy atom. The van der Waals surface area contributed by atoms with Crippen molar-refractivity contribution in [3.8, 4) is 0 Å². The molecule has 136 valence electrons. The molecule has 1 aliphatic rings. The Labute approximate surface area is 151 Å². The Hall–Kier alpha value is -1.93. The van der Waals surface area contributed by atoms with Crippen molar-refractivity contribution >= 4 is 17.4 Å². The van der Waals surface area contributed by atoms with Crippen LogP contribution in [-0.4, -0.2) is 38.8 Å². The lowest BCUT2D eigenvalue weighted by Gasteiger charge is -2.34. The van der Waals surface area contributed by atoms with Gasteiger partial charge in [-0.15, -0.1) is 0 Å². The van der Waals surface area contributed by atoms with Crippen LogP contribution in [0.2, 0.25) is 0 Å². The number of carbonyl (C=O) groups excluding carboxylic acids is 1. The number of aliphatic hydroxyl groups is 1. The summed E-state index contributed by atoms with van der Waals surface area (Å²) < 4.78 is 4.85. The molecule has 2 N–H and O–H groups in total. The molecule has 8 heteroatoms. The Morgan fingerprint density at radius 3 is 2.92 bits per heavy atom. The lowest BCUT2D eigenvalue weighted by Crippen LogP contribution is -2.46. The third-order valence-electron chi connectivity index (χ3n) is 4.48. The van der Waals surface area contributed by atoms with Crippen LogP contribution in [-0.2, 0) is 19.6 Å². The molecule has 0 aromatic carbocycles. The molecule has 1 fully saturated rings. The first-order valence-corrected chi connectivity index (χ1v) is 9.68. The second kappa shape index (κ2) is 8.96. The summed E-state index contributed by atoms with van der Waals surface area (Å²) in [5, 5.41) is 19.8. The molecular formula is C17H24N4O3S. The lowest BCUT2D eigenvalue weighted by molar-refractivity contribution is 0.151. The van der Waals surface area contributed by atoms with Crippen molar-refractivity contribution in [2.45, 2.75) is 57.7 Å². The Kier molecular flexibility index (Phi) is 6.41. The van der Waals surface area contributed by atoms with Gasteiger partial charge in [0, 0.05) is 25.6 Å². The maximum atomic E-state index is 12.7. The Balaban J connectivity index is 1.55. The van der Waals surface area contributed by atoms with Gasteiger partial charge in [0.05, 0.1) is 0 Å². The molecular weight excluding hydrogens is 340 g/mol. The van der Waals surface area contributed by atoms with E-state index in [4.69, 9.17) is 9.63 Å². The van der Waals surface area contributed by atoms with Gasteiger partial charge in [0.25, 0.3) is 5.89 Å². The molecule has 2 aromatic heterocycles. The van der Waals surface area contributed by atoms with Crippen molar-refractivity contribution in [2.75, 3.05) is 6.54 Å². The fourth-order valence-electron chi connectivity index (χ4n) is 3.18. The normalized spacial score (nSPS) is 15.2. The van der Waals surface area contributed by atoms with E-state index < -0.39 is 0 Å². The van der Waals surface area contributed by atoms with E-state index in [1.54, 1.807) is 11.3 Å². The number of hydrogen-bond acceptors (Lipinski definition) is 6. The Bertz CT molecular complexity index is 653. The number of carbonyl (C=O) groups is 1. The van der Waals surface area contributed by atoms with Gasteiger partial charge in [-0.25, -0.2) is 4.79 Å². The zero-order valence-corrected chi connectivity index (χ0v) is 15.0. The van der Waals surface area contributed by atoms with E-state index in [-0.39, 0.29) is 18.5 Å². The second-order valence-electron chi connectivity index (χ2n) is 6.30. The first kappa shape index (κ1) is 17.9. The molecule has 0 aliphatic heterocycles. The topological polar surface area (TPSA) is 91.5 Å². The van der Waals surface area contributed by atoms with E-state index in [0.717, 1.165) is 12.8 Å². The van der Waals surface area contributed by atoms with Crippen LogP contribution in [0.3, 0.4) is 0 Å². The van der Waals surface area contributed by atoms with E-state index in [1.807, 2.05) is 10.3 Å². The summed E-state index contributed by atoms with van der Waals surface area (Å²) in [5.74, 6) is 0.689. The Morgan fingerprint density at radius 2 is 2.24 bits per heavy atom. The molecule has 2 amide bonds. The molecule has 0 bridgehead atoms. The minimum Gasteiger partial charge on any atom is -0.387 e. The standard InChI is InChI=1S/C17H24N4O3S/c22-11-16-19-15(20-24-16)6-8-18-17(23)21(10-13-7-9-25-12-13)14-4-2-1-3-5-14/h7,9,12,14,22H,1-6,8,10-11H2,(H,18,23). The van der Waals surface area contributed by atoms with Gasteiger partial charge in [-0.2, -0.15) is 16.3 Å².